The Bertz CT molecular complexity index is 1050. The minimum atomic E-state index is 0.310. The van der Waals surface area contributed by atoms with E-state index in [0.29, 0.717) is 12.6 Å². The van der Waals surface area contributed by atoms with E-state index < -0.39 is 0 Å². The van der Waals surface area contributed by atoms with Crippen LogP contribution in [0.5, 0.6) is 6.01 Å². The first-order valence-corrected chi connectivity index (χ1v) is 9.05. The van der Waals surface area contributed by atoms with E-state index in [1.165, 1.54) is 11.3 Å². The molecule has 8 heteroatoms. The molecular formula is C19H16N5O2S+. The van der Waals surface area contributed by atoms with E-state index in [9.17, 15) is 5.21 Å². The topological polar surface area (TPSA) is 84.9 Å². The van der Waals surface area contributed by atoms with E-state index in [1.807, 2.05) is 37.3 Å². The van der Waals surface area contributed by atoms with Gasteiger partial charge in [-0.25, -0.2) is 19.9 Å². The van der Waals surface area contributed by atoms with Gasteiger partial charge in [-0.15, -0.1) is 11.3 Å². The maximum absolute atomic E-state index is 9.38. The minimum Gasteiger partial charge on any atom is -0.456 e. The van der Waals surface area contributed by atoms with Gasteiger partial charge in [0.05, 0.1) is 22.0 Å². The fraction of sp³-hybridized carbons (Fsp3) is 0.105. The van der Waals surface area contributed by atoms with Crippen molar-refractivity contribution >= 4 is 11.3 Å². The van der Waals surface area contributed by atoms with Crippen LogP contribution in [-0.2, 0) is 6.61 Å². The van der Waals surface area contributed by atoms with Crippen LogP contribution in [0.15, 0.2) is 61.2 Å². The predicted octanol–water partition coefficient (Wildman–Crippen LogP) is 3.07. The van der Waals surface area contributed by atoms with Gasteiger partial charge < -0.3 is 4.74 Å². The highest BCUT2D eigenvalue weighted by atomic mass is 32.1. The number of pyridine rings is 2. The van der Waals surface area contributed by atoms with Gasteiger partial charge in [0.25, 0.3) is 0 Å². The van der Waals surface area contributed by atoms with Crippen LogP contribution in [0, 0.1) is 6.92 Å². The lowest BCUT2D eigenvalue weighted by molar-refractivity contribution is -0.904. The Hall–Kier alpha value is -3.39. The maximum Gasteiger partial charge on any atom is 0.316 e. The summed E-state index contributed by atoms with van der Waals surface area (Å²) in [5.74, 6) is 0. The lowest BCUT2D eigenvalue weighted by Crippen LogP contribution is -2.27. The molecule has 4 heterocycles. The maximum atomic E-state index is 9.38. The molecule has 1 N–H and O–H groups in total. The van der Waals surface area contributed by atoms with Crippen LogP contribution in [0.2, 0.25) is 0 Å². The van der Waals surface area contributed by atoms with Crippen molar-refractivity contribution in [2.45, 2.75) is 13.5 Å². The van der Waals surface area contributed by atoms with Crippen molar-refractivity contribution in [3.05, 3.63) is 71.9 Å². The van der Waals surface area contributed by atoms with Crippen LogP contribution in [0.4, 0.5) is 0 Å². The molecule has 4 aromatic heterocycles. The molecule has 0 unspecified atom stereocenters. The Morgan fingerprint density at radius 3 is 2.52 bits per heavy atom. The fourth-order valence-corrected chi connectivity index (χ4v) is 3.50. The molecule has 0 saturated heterocycles. The van der Waals surface area contributed by atoms with Crippen molar-refractivity contribution in [3.63, 3.8) is 0 Å². The number of rotatable bonds is 5. The lowest BCUT2D eigenvalue weighted by atomic mass is 10.1. The summed E-state index contributed by atoms with van der Waals surface area (Å²) in [5.41, 5.74) is 3.51. The molecule has 0 radical (unpaired) electrons. The van der Waals surface area contributed by atoms with Gasteiger partial charge in [-0.2, -0.15) is 0 Å². The second kappa shape index (κ2) is 7.46. The summed E-state index contributed by atoms with van der Waals surface area (Å²) < 4.78 is 6.58. The van der Waals surface area contributed by atoms with Crippen molar-refractivity contribution in [2.24, 2.45) is 0 Å². The molecule has 4 rings (SSSR count). The van der Waals surface area contributed by atoms with Gasteiger partial charge in [0.1, 0.15) is 11.6 Å². The molecule has 4 aromatic rings. The number of hydrogen-bond donors (Lipinski definition) is 1. The summed E-state index contributed by atoms with van der Waals surface area (Å²) in [4.78, 5) is 18.4. The molecule has 0 bridgehead atoms. The van der Waals surface area contributed by atoms with Crippen LogP contribution in [-0.4, -0.2) is 25.1 Å². The van der Waals surface area contributed by atoms with E-state index in [-0.39, 0.29) is 0 Å². The first kappa shape index (κ1) is 17.0. The zero-order chi connectivity index (χ0) is 18.6. The van der Waals surface area contributed by atoms with Crippen LogP contribution in [0.25, 0.3) is 21.8 Å². The number of aromatic nitrogens is 5. The third-order valence-corrected chi connectivity index (χ3v) is 4.95. The van der Waals surface area contributed by atoms with Crippen molar-refractivity contribution < 1.29 is 14.7 Å². The lowest BCUT2D eigenvalue weighted by Gasteiger charge is -2.03. The quantitative estimate of drug-likeness (QED) is 0.424. The van der Waals surface area contributed by atoms with E-state index in [0.717, 1.165) is 37.3 Å². The summed E-state index contributed by atoms with van der Waals surface area (Å²) in [7, 11) is 0. The molecule has 0 fully saturated rings. The summed E-state index contributed by atoms with van der Waals surface area (Å²) in [5, 5.41) is 10.2. The molecular weight excluding hydrogens is 362 g/mol. The van der Waals surface area contributed by atoms with Crippen molar-refractivity contribution in [1.29, 1.82) is 0 Å². The minimum absolute atomic E-state index is 0.310. The van der Waals surface area contributed by atoms with Gasteiger partial charge in [0.15, 0.2) is 0 Å². The molecule has 7 nitrogen and oxygen atoms in total. The SMILES string of the molecule is Cc1nc(COc2ncccn2)sc1-c1cccc(-c2cc[n+](O)cc2)n1. The average Bonchev–Trinajstić information content (AvgIpc) is 3.08. The second-order valence-electron chi connectivity index (χ2n) is 5.72. The molecule has 27 heavy (non-hydrogen) atoms. The molecule has 0 aliphatic carbocycles. The van der Waals surface area contributed by atoms with Crippen molar-refractivity contribution in [3.8, 4) is 27.8 Å². The highest BCUT2D eigenvalue weighted by Gasteiger charge is 2.13. The molecule has 0 aliphatic rings. The number of ether oxygens (including phenoxy) is 1. The van der Waals surface area contributed by atoms with Gasteiger partial charge in [0, 0.05) is 34.8 Å². The van der Waals surface area contributed by atoms with E-state index in [2.05, 4.69) is 15.0 Å². The Kier molecular flexibility index (Phi) is 4.71. The van der Waals surface area contributed by atoms with Crippen molar-refractivity contribution in [1.82, 2.24) is 19.9 Å². The Labute approximate surface area is 159 Å². The van der Waals surface area contributed by atoms with E-state index in [4.69, 9.17) is 9.72 Å². The standard InChI is InChI=1S/C19H16N5O2S/c1-13-18(27-17(22-13)12-26-19-20-8-3-9-21-19)16-5-2-4-15(23-16)14-6-10-24(25)11-7-14/h2-11,25H,12H2,1H3/q+1. The van der Waals surface area contributed by atoms with Gasteiger partial charge in [-0.3, -0.25) is 5.21 Å². The van der Waals surface area contributed by atoms with E-state index >= 15 is 0 Å². The first-order valence-electron chi connectivity index (χ1n) is 8.23. The van der Waals surface area contributed by atoms with Gasteiger partial charge >= 0.3 is 6.01 Å². The Morgan fingerprint density at radius 1 is 1.00 bits per heavy atom. The monoisotopic (exact) mass is 378 g/mol. The summed E-state index contributed by atoms with van der Waals surface area (Å²) in [6.45, 7) is 2.27. The molecule has 0 amide bonds. The number of nitrogens with zero attached hydrogens (tertiary/aromatic N) is 5. The molecule has 0 aromatic carbocycles. The number of hydrogen-bond acceptors (Lipinski definition) is 7. The summed E-state index contributed by atoms with van der Waals surface area (Å²) in [6, 6.07) is 11.6. The smallest absolute Gasteiger partial charge is 0.316 e. The van der Waals surface area contributed by atoms with Gasteiger partial charge in [0.2, 0.25) is 12.4 Å². The van der Waals surface area contributed by atoms with Crippen molar-refractivity contribution in [2.75, 3.05) is 0 Å². The third kappa shape index (κ3) is 3.90. The van der Waals surface area contributed by atoms with Crippen LogP contribution >= 0.6 is 11.3 Å². The molecule has 0 atom stereocenters. The van der Waals surface area contributed by atoms with E-state index in [1.54, 1.807) is 30.9 Å². The predicted molar refractivity (Wildman–Crippen MR) is 99.3 cm³/mol. The normalized spacial score (nSPS) is 10.7. The molecule has 0 aliphatic heterocycles. The summed E-state index contributed by atoms with van der Waals surface area (Å²) in [6.07, 6.45) is 6.42. The first-order chi connectivity index (χ1) is 13.2. The average molecular weight is 378 g/mol. The largest absolute Gasteiger partial charge is 0.456 e. The summed E-state index contributed by atoms with van der Waals surface area (Å²) >= 11 is 1.54. The Balaban J connectivity index is 1.57. The zero-order valence-electron chi connectivity index (χ0n) is 14.5. The fourth-order valence-electron chi connectivity index (χ4n) is 2.55. The Morgan fingerprint density at radius 2 is 1.74 bits per heavy atom. The number of thiazole rings is 1. The van der Waals surface area contributed by atoms with Gasteiger partial charge in [-0.1, -0.05) is 6.07 Å². The third-order valence-electron chi connectivity index (χ3n) is 3.80. The van der Waals surface area contributed by atoms with Crippen LogP contribution in [0.1, 0.15) is 10.7 Å². The highest BCUT2D eigenvalue weighted by molar-refractivity contribution is 7.15. The van der Waals surface area contributed by atoms with Crippen LogP contribution in [0.3, 0.4) is 0 Å². The molecule has 134 valence electrons. The molecule has 0 spiro atoms. The second-order valence-corrected chi connectivity index (χ2v) is 6.80. The molecule has 0 saturated carbocycles. The van der Waals surface area contributed by atoms with Crippen LogP contribution < -0.4 is 9.47 Å². The number of aryl methyl sites for hydroxylation is 1. The van der Waals surface area contributed by atoms with Gasteiger partial charge in [-0.05, 0) is 25.1 Å². The zero-order valence-corrected chi connectivity index (χ0v) is 15.3. The highest BCUT2D eigenvalue weighted by Crippen LogP contribution is 2.30.